The molecule has 18 heavy (non-hydrogen) atoms. The highest BCUT2D eigenvalue weighted by molar-refractivity contribution is 5.96. The van der Waals surface area contributed by atoms with E-state index >= 15 is 0 Å². The van der Waals surface area contributed by atoms with Crippen LogP contribution in [0.25, 0.3) is 0 Å². The molecule has 0 atom stereocenters. The Morgan fingerprint density at radius 1 is 1.44 bits per heavy atom. The first-order valence-electron chi connectivity index (χ1n) is 5.50. The number of aryl methyl sites for hydroxylation is 1. The zero-order chi connectivity index (χ0) is 13.1. The molecule has 2 rings (SSSR count). The number of carbonyl (C=O) groups is 1. The van der Waals surface area contributed by atoms with Crippen molar-refractivity contribution in [2.45, 2.75) is 20.4 Å². The van der Waals surface area contributed by atoms with Gasteiger partial charge in [-0.05, 0) is 31.5 Å². The molecule has 6 nitrogen and oxygen atoms in total. The van der Waals surface area contributed by atoms with Gasteiger partial charge >= 0.3 is 0 Å². The summed E-state index contributed by atoms with van der Waals surface area (Å²) in [5.74, 6) is 0.706. The van der Waals surface area contributed by atoms with Gasteiger partial charge in [-0.2, -0.15) is 4.98 Å². The highest BCUT2D eigenvalue weighted by Crippen LogP contribution is 2.15. The zero-order valence-electron chi connectivity index (χ0n) is 10.2. The maximum atomic E-state index is 11.9. The lowest BCUT2D eigenvalue weighted by molar-refractivity contribution is 0.0945. The summed E-state index contributed by atoms with van der Waals surface area (Å²) in [4.78, 5) is 15.9. The van der Waals surface area contributed by atoms with Gasteiger partial charge in [-0.1, -0.05) is 11.2 Å². The zero-order valence-corrected chi connectivity index (χ0v) is 10.2. The van der Waals surface area contributed by atoms with E-state index in [4.69, 9.17) is 10.3 Å². The van der Waals surface area contributed by atoms with Crippen LogP contribution in [-0.2, 0) is 6.54 Å². The summed E-state index contributed by atoms with van der Waals surface area (Å²) >= 11 is 0. The van der Waals surface area contributed by atoms with Crippen LogP contribution in [0.5, 0.6) is 0 Å². The molecule has 0 unspecified atom stereocenters. The molecule has 1 aromatic heterocycles. The first-order valence-corrected chi connectivity index (χ1v) is 5.50. The van der Waals surface area contributed by atoms with E-state index in [1.165, 1.54) is 0 Å². The van der Waals surface area contributed by atoms with Gasteiger partial charge in [-0.25, -0.2) is 0 Å². The minimum Gasteiger partial charge on any atom is -0.398 e. The average molecular weight is 246 g/mol. The second-order valence-corrected chi connectivity index (χ2v) is 3.94. The smallest absolute Gasteiger partial charge is 0.252 e. The number of nitrogens with zero attached hydrogens (tertiary/aromatic N) is 2. The first-order chi connectivity index (χ1) is 8.58. The van der Waals surface area contributed by atoms with Crippen molar-refractivity contribution in [1.29, 1.82) is 0 Å². The topological polar surface area (TPSA) is 94.0 Å². The van der Waals surface area contributed by atoms with Crippen LogP contribution in [0.4, 0.5) is 5.69 Å². The number of benzene rings is 1. The van der Waals surface area contributed by atoms with Crippen LogP contribution < -0.4 is 11.1 Å². The molecule has 0 aliphatic rings. The van der Waals surface area contributed by atoms with Crippen molar-refractivity contribution in [2.24, 2.45) is 0 Å². The molecule has 1 aromatic carbocycles. The van der Waals surface area contributed by atoms with E-state index in [0.29, 0.717) is 23.0 Å². The SMILES string of the molecule is Cc1noc(CNC(=O)c2cccc(N)c2C)n1. The van der Waals surface area contributed by atoms with Crippen molar-refractivity contribution < 1.29 is 9.32 Å². The number of nitrogens with one attached hydrogen (secondary N) is 1. The molecule has 6 heteroatoms. The summed E-state index contributed by atoms with van der Waals surface area (Å²) in [6.45, 7) is 3.73. The predicted molar refractivity (Wildman–Crippen MR) is 65.8 cm³/mol. The van der Waals surface area contributed by atoms with Crippen LogP contribution in [-0.4, -0.2) is 16.0 Å². The fraction of sp³-hybridized carbons (Fsp3) is 0.250. The van der Waals surface area contributed by atoms with Crippen molar-refractivity contribution in [2.75, 3.05) is 5.73 Å². The number of carbonyl (C=O) groups excluding carboxylic acids is 1. The van der Waals surface area contributed by atoms with Gasteiger partial charge < -0.3 is 15.6 Å². The number of hydrogen-bond donors (Lipinski definition) is 2. The van der Waals surface area contributed by atoms with Gasteiger partial charge in [0.2, 0.25) is 5.89 Å². The van der Waals surface area contributed by atoms with Crippen LogP contribution in [0.3, 0.4) is 0 Å². The van der Waals surface area contributed by atoms with Gasteiger partial charge in [0, 0.05) is 11.3 Å². The predicted octanol–water partition coefficient (Wildman–Crippen LogP) is 1.20. The molecule has 3 N–H and O–H groups in total. The van der Waals surface area contributed by atoms with Gasteiger partial charge in [0.25, 0.3) is 5.91 Å². The quantitative estimate of drug-likeness (QED) is 0.793. The number of aromatic nitrogens is 2. The van der Waals surface area contributed by atoms with Gasteiger partial charge in [0.15, 0.2) is 5.82 Å². The molecular formula is C12H14N4O2. The van der Waals surface area contributed by atoms with E-state index in [0.717, 1.165) is 5.56 Å². The maximum Gasteiger partial charge on any atom is 0.252 e. The largest absolute Gasteiger partial charge is 0.398 e. The van der Waals surface area contributed by atoms with Gasteiger partial charge in [-0.15, -0.1) is 0 Å². The molecule has 1 amide bonds. The number of hydrogen-bond acceptors (Lipinski definition) is 5. The van der Waals surface area contributed by atoms with E-state index in [1.807, 2.05) is 0 Å². The van der Waals surface area contributed by atoms with E-state index in [1.54, 1.807) is 32.0 Å². The van der Waals surface area contributed by atoms with E-state index in [2.05, 4.69) is 15.5 Å². The Morgan fingerprint density at radius 3 is 2.89 bits per heavy atom. The lowest BCUT2D eigenvalue weighted by Gasteiger charge is -2.07. The van der Waals surface area contributed by atoms with Crippen molar-refractivity contribution in [3.8, 4) is 0 Å². The number of rotatable bonds is 3. The third kappa shape index (κ3) is 2.48. The Morgan fingerprint density at radius 2 is 2.22 bits per heavy atom. The fourth-order valence-electron chi connectivity index (χ4n) is 1.56. The number of nitrogens with two attached hydrogens (primary N) is 1. The maximum absolute atomic E-state index is 11.9. The minimum absolute atomic E-state index is 0.202. The molecule has 94 valence electrons. The van der Waals surface area contributed by atoms with Crippen molar-refractivity contribution >= 4 is 11.6 Å². The van der Waals surface area contributed by atoms with Crippen LogP contribution in [0.1, 0.15) is 27.6 Å². The molecule has 1 heterocycles. The Balaban J connectivity index is 2.06. The molecule has 0 bridgehead atoms. The summed E-state index contributed by atoms with van der Waals surface area (Å²) in [5, 5.41) is 6.35. The van der Waals surface area contributed by atoms with Crippen LogP contribution in [0.15, 0.2) is 22.7 Å². The average Bonchev–Trinajstić information content (AvgIpc) is 2.76. The molecule has 0 spiro atoms. The fourth-order valence-corrected chi connectivity index (χ4v) is 1.56. The van der Waals surface area contributed by atoms with Gasteiger partial charge in [-0.3, -0.25) is 4.79 Å². The number of nitrogen functional groups attached to an aromatic ring is 1. The Kier molecular flexibility index (Phi) is 3.27. The van der Waals surface area contributed by atoms with Crippen LogP contribution in [0, 0.1) is 13.8 Å². The number of amides is 1. The summed E-state index contributed by atoms with van der Waals surface area (Å²) in [5.41, 5.74) is 7.65. The molecule has 0 aliphatic heterocycles. The summed E-state index contributed by atoms with van der Waals surface area (Å²) in [6, 6.07) is 5.22. The molecule has 0 aliphatic carbocycles. The van der Waals surface area contributed by atoms with Crippen molar-refractivity contribution in [3.63, 3.8) is 0 Å². The molecule has 2 aromatic rings. The first kappa shape index (κ1) is 12.1. The summed E-state index contributed by atoms with van der Waals surface area (Å²) in [6.07, 6.45) is 0. The standard InChI is InChI=1S/C12H14N4O2/c1-7-9(4-3-5-10(7)13)12(17)14-6-11-15-8(2)16-18-11/h3-5H,6,13H2,1-2H3,(H,14,17). The van der Waals surface area contributed by atoms with Gasteiger partial charge in [0.05, 0.1) is 6.54 Å². The van der Waals surface area contributed by atoms with Crippen molar-refractivity contribution in [3.05, 3.63) is 41.0 Å². The van der Waals surface area contributed by atoms with Crippen LogP contribution >= 0.6 is 0 Å². The van der Waals surface area contributed by atoms with Gasteiger partial charge in [0.1, 0.15) is 0 Å². The van der Waals surface area contributed by atoms with E-state index < -0.39 is 0 Å². The van der Waals surface area contributed by atoms with E-state index in [-0.39, 0.29) is 12.5 Å². The molecule has 0 saturated carbocycles. The second-order valence-electron chi connectivity index (χ2n) is 3.94. The van der Waals surface area contributed by atoms with E-state index in [9.17, 15) is 4.79 Å². The molecule has 0 saturated heterocycles. The summed E-state index contributed by atoms with van der Waals surface area (Å²) in [7, 11) is 0. The molecular weight excluding hydrogens is 232 g/mol. The lowest BCUT2D eigenvalue weighted by atomic mass is 10.1. The molecule has 0 fully saturated rings. The van der Waals surface area contributed by atoms with Crippen molar-refractivity contribution in [1.82, 2.24) is 15.5 Å². The normalized spacial score (nSPS) is 10.3. The Hall–Kier alpha value is -2.37. The summed E-state index contributed by atoms with van der Waals surface area (Å²) < 4.78 is 4.90. The minimum atomic E-state index is -0.212. The molecule has 0 radical (unpaired) electrons. The Labute approximate surface area is 104 Å². The highest BCUT2D eigenvalue weighted by Gasteiger charge is 2.11. The Bertz CT molecular complexity index is 577. The third-order valence-electron chi connectivity index (χ3n) is 2.59. The lowest BCUT2D eigenvalue weighted by Crippen LogP contribution is -2.24. The third-order valence-corrected chi connectivity index (χ3v) is 2.59. The van der Waals surface area contributed by atoms with Crippen LogP contribution in [0.2, 0.25) is 0 Å². The highest BCUT2D eigenvalue weighted by atomic mass is 16.5. The monoisotopic (exact) mass is 246 g/mol. The second kappa shape index (κ2) is 4.87. The number of anilines is 1.